The van der Waals surface area contributed by atoms with Crippen LogP contribution >= 0.6 is 34.0 Å². The third-order valence-electron chi connectivity index (χ3n) is 10.9. The summed E-state index contributed by atoms with van der Waals surface area (Å²) < 4.78 is 6.47. The van der Waals surface area contributed by atoms with Gasteiger partial charge in [-0.25, -0.2) is 29.9 Å². The van der Waals surface area contributed by atoms with Gasteiger partial charge in [0.15, 0.2) is 0 Å². The van der Waals surface area contributed by atoms with Gasteiger partial charge < -0.3 is 13.7 Å². The zero-order valence-corrected chi connectivity index (χ0v) is 47.2. The van der Waals surface area contributed by atoms with Crippen LogP contribution < -0.4 is 0 Å². The first-order valence-corrected chi connectivity index (χ1v) is 25.2. The molecule has 6 aromatic rings. The Bertz CT molecular complexity index is 2150. The zero-order valence-electron chi connectivity index (χ0n) is 44.7. The van der Waals surface area contributed by atoms with E-state index in [1.165, 1.54) is 81.0 Å². The average Bonchev–Trinajstić information content (AvgIpc) is 3.99. The van der Waals surface area contributed by atoms with Crippen molar-refractivity contribution in [2.24, 2.45) is 21.1 Å². The van der Waals surface area contributed by atoms with Crippen LogP contribution in [0.3, 0.4) is 0 Å². The molecule has 6 aromatic heterocycles. The first kappa shape index (κ1) is 57.5. The summed E-state index contributed by atoms with van der Waals surface area (Å²) in [5, 5.41) is 3.62. The predicted molar refractivity (Wildman–Crippen MR) is 277 cm³/mol. The molecule has 0 radical (unpaired) electrons. The Kier molecular flexibility index (Phi) is 23.6. The summed E-state index contributed by atoms with van der Waals surface area (Å²) in [7, 11) is 6.21. The second kappa shape index (κ2) is 25.9. The number of rotatable bonds is 6. The molecule has 0 aromatic carbocycles. The van der Waals surface area contributed by atoms with E-state index in [9.17, 15) is 0 Å². The van der Waals surface area contributed by atoms with Crippen LogP contribution in [0.4, 0.5) is 0 Å². The number of hydrogen-bond acceptors (Lipinski definition) is 9. The molecule has 0 saturated carbocycles. The molecule has 0 amide bonds. The highest BCUT2D eigenvalue weighted by atomic mass is 32.1. The fraction of sp³-hybridized carbons (Fsp3) is 0.647. The van der Waals surface area contributed by atoms with Crippen molar-refractivity contribution in [3.8, 4) is 0 Å². The lowest BCUT2D eigenvalue weighted by Gasteiger charge is -2.07. The highest BCUT2D eigenvalue weighted by Crippen LogP contribution is 2.26. The minimum Gasteiger partial charge on any atom is -0.335 e. The van der Waals surface area contributed by atoms with Crippen LogP contribution in [0.2, 0.25) is 0 Å². The number of thiazole rings is 3. The molecule has 6 heterocycles. The lowest BCUT2D eigenvalue weighted by molar-refractivity contribution is 0.700. The van der Waals surface area contributed by atoms with E-state index in [4.69, 9.17) is 0 Å². The van der Waals surface area contributed by atoms with Gasteiger partial charge in [-0.1, -0.05) is 83.1 Å². The normalized spacial score (nSPS) is 11.0. The molecule has 6 rings (SSSR count). The molecule has 0 unspecified atom stereocenters. The second-order valence-electron chi connectivity index (χ2n) is 18.6. The summed E-state index contributed by atoms with van der Waals surface area (Å²) in [4.78, 5) is 30.7. The predicted octanol–water partition coefficient (Wildman–Crippen LogP) is 15.1. The fourth-order valence-electron chi connectivity index (χ4n) is 7.06. The molecular weight excluding hydrogens is 835 g/mol. The number of aromatic nitrogens is 9. The van der Waals surface area contributed by atoms with Crippen LogP contribution in [0.25, 0.3) is 0 Å². The lowest BCUT2D eigenvalue weighted by Crippen LogP contribution is -2.00. The van der Waals surface area contributed by atoms with Gasteiger partial charge in [0.1, 0.15) is 17.5 Å². The molecule has 0 aliphatic carbocycles. The van der Waals surface area contributed by atoms with E-state index in [0.29, 0.717) is 35.5 Å². The van der Waals surface area contributed by atoms with Crippen LogP contribution in [0.1, 0.15) is 217 Å². The van der Waals surface area contributed by atoms with E-state index in [1.807, 2.05) is 36.5 Å². The highest BCUT2D eigenvalue weighted by molar-refractivity contribution is 7.12. The van der Waals surface area contributed by atoms with Crippen LogP contribution in [0, 0.1) is 83.1 Å². The Balaban J connectivity index is 0.000000378. The van der Waals surface area contributed by atoms with Crippen molar-refractivity contribution in [3.05, 3.63) is 98.4 Å². The van der Waals surface area contributed by atoms with Gasteiger partial charge in [0.05, 0.1) is 49.2 Å². The topological polar surface area (TPSA) is 92.1 Å². The van der Waals surface area contributed by atoms with Crippen molar-refractivity contribution >= 4 is 34.0 Å². The second-order valence-corrected chi connectivity index (χ2v) is 22.4. The third-order valence-corrected chi connectivity index (χ3v) is 14.6. The first-order chi connectivity index (χ1) is 28.9. The first-order valence-electron chi connectivity index (χ1n) is 22.8. The van der Waals surface area contributed by atoms with Gasteiger partial charge in [0.2, 0.25) is 0 Å². The number of nitrogens with zero attached hydrogens (tertiary/aromatic N) is 9. The van der Waals surface area contributed by atoms with Crippen molar-refractivity contribution in [1.29, 1.82) is 0 Å². The fourth-order valence-corrected chi connectivity index (χ4v) is 9.88. The van der Waals surface area contributed by atoms with Crippen molar-refractivity contribution in [2.75, 3.05) is 0 Å². The molecule has 354 valence electrons. The summed E-state index contributed by atoms with van der Waals surface area (Å²) in [5.74, 6) is 6.80. The lowest BCUT2D eigenvalue weighted by atomic mass is 10.1. The molecule has 0 N–H and O–H groups in total. The van der Waals surface area contributed by atoms with Gasteiger partial charge in [-0.3, -0.25) is 0 Å². The van der Waals surface area contributed by atoms with E-state index in [-0.39, 0.29) is 0 Å². The maximum Gasteiger partial charge on any atom is 0.111 e. The molecule has 0 aliphatic rings. The standard InChI is InChI=1S/3C9H16N2.3C8H13NS/c1-6(2)9-7(3)11(5)8(4)10-9;1-6(2)9-7(3)10-8(4)11(9)5;1-6(2)9-10-7(3)8(4)11(9)5;1-5(2)8-6(3)10-7(4)9-8;1-5(2)8-6(3)9-7(4)10-8;1-5(2)8-9-6(3)7(4)10-8/h3*6H,1-5H3;3*5H,1-4H3. The summed E-state index contributed by atoms with van der Waals surface area (Å²) in [5.41, 5.74) is 11.1. The van der Waals surface area contributed by atoms with Crippen molar-refractivity contribution in [1.82, 2.24) is 43.6 Å². The molecule has 0 spiro atoms. The molecule has 0 bridgehead atoms. The minimum absolute atomic E-state index is 0.521. The Morgan fingerprint density at radius 3 is 1.08 bits per heavy atom. The largest absolute Gasteiger partial charge is 0.335 e. The maximum absolute atomic E-state index is 4.47. The molecule has 63 heavy (non-hydrogen) atoms. The maximum atomic E-state index is 4.47. The summed E-state index contributed by atoms with van der Waals surface area (Å²) >= 11 is 5.41. The Labute approximate surface area is 396 Å². The van der Waals surface area contributed by atoms with E-state index in [1.54, 1.807) is 11.3 Å². The van der Waals surface area contributed by atoms with E-state index in [0.717, 1.165) is 17.3 Å². The smallest absolute Gasteiger partial charge is 0.111 e. The van der Waals surface area contributed by atoms with Crippen molar-refractivity contribution < 1.29 is 0 Å². The van der Waals surface area contributed by atoms with Crippen LogP contribution in [0.15, 0.2) is 0 Å². The van der Waals surface area contributed by atoms with Gasteiger partial charge in [0, 0.05) is 64.7 Å². The summed E-state index contributed by atoms with van der Waals surface area (Å²) in [6.45, 7) is 51.2. The molecule has 9 nitrogen and oxygen atoms in total. The summed E-state index contributed by atoms with van der Waals surface area (Å²) in [6.07, 6.45) is 0. The van der Waals surface area contributed by atoms with E-state index >= 15 is 0 Å². The van der Waals surface area contributed by atoms with Crippen LogP contribution in [-0.2, 0) is 21.1 Å². The van der Waals surface area contributed by atoms with Gasteiger partial charge in [-0.15, -0.1) is 34.0 Å². The highest BCUT2D eigenvalue weighted by Gasteiger charge is 2.13. The van der Waals surface area contributed by atoms with Gasteiger partial charge in [0.25, 0.3) is 0 Å². The molecule has 12 heteroatoms. The number of aryl methyl sites for hydroxylation is 10. The third kappa shape index (κ3) is 17.1. The van der Waals surface area contributed by atoms with E-state index < -0.39 is 0 Å². The SMILES string of the molecule is Cc1nc(C(C)C)c(C)n1C.Cc1nc(C(C)C)c(C)s1.Cc1nc(C(C)C)n(C)c1C.Cc1nc(C(C)C)sc1C.Cc1nc(C)c(C(C)C)s1.Cc1nc(C)n(C)c1C(C)C. The van der Waals surface area contributed by atoms with Crippen molar-refractivity contribution in [3.63, 3.8) is 0 Å². The van der Waals surface area contributed by atoms with Crippen LogP contribution in [0.5, 0.6) is 0 Å². The Hall–Kier alpha value is -3.48. The Morgan fingerprint density at radius 2 is 0.889 bits per heavy atom. The molecule has 0 fully saturated rings. The molecule has 0 aliphatic heterocycles. The van der Waals surface area contributed by atoms with Crippen molar-refractivity contribution in [2.45, 2.75) is 202 Å². The molecule has 0 atom stereocenters. The average molecular weight is 923 g/mol. The van der Waals surface area contributed by atoms with E-state index in [2.05, 4.69) is 217 Å². The monoisotopic (exact) mass is 922 g/mol. The number of hydrogen-bond donors (Lipinski definition) is 0. The number of imidazole rings is 3. The molecule has 0 saturated heterocycles. The minimum atomic E-state index is 0.521. The quantitative estimate of drug-likeness (QED) is 0.165. The zero-order chi connectivity index (χ0) is 49.0. The summed E-state index contributed by atoms with van der Waals surface area (Å²) in [6, 6.07) is 0. The van der Waals surface area contributed by atoms with Gasteiger partial charge >= 0.3 is 0 Å². The molecular formula is C51H87N9S3. The van der Waals surface area contributed by atoms with Crippen LogP contribution in [-0.4, -0.2) is 43.6 Å². The van der Waals surface area contributed by atoms with Gasteiger partial charge in [-0.05, 0) is 107 Å². The Morgan fingerprint density at radius 1 is 0.365 bits per heavy atom. The van der Waals surface area contributed by atoms with Gasteiger partial charge in [-0.2, -0.15) is 0 Å².